The number of H-pyrrole nitrogens is 1. The number of para-hydroxylation sites is 1. The highest BCUT2D eigenvalue weighted by molar-refractivity contribution is 5.56. The minimum Gasteiger partial charge on any atom is -0.290 e. The molecule has 0 spiro atoms. The molecule has 0 saturated carbocycles. The van der Waals surface area contributed by atoms with E-state index in [0.29, 0.717) is 35.6 Å². The Kier molecular flexibility index (Phi) is 5.51. The van der Waals surface area contributed by atoms with Gasteiger partial charge in [0.05, 0.1) is 17.9 Å². The molecule has 8 nitrogen and oxygen atoms in total. The Balaban J connectivity index is 1.84. The van der Waals surface area contributed by atoms with Gasteiger partial charge in [-0.05, 0) is 47.0 Å². The number of hydrogen-bond acceptors (Lipinski definition) is 5. The van der Waals surface area contributed by atoms with Gasteiger partial charge in [0.2, 0.25) is 0 Å². The second-order valence-corrected chi connectivity index (χ2v) is 6.96. The van der Waals surface area contributed by atoms with Crippen LogP contribution >= 0.6 is 0 Å². The molecule has 0 fully saturated rings. The molecule has 0 aliphatic heterocycles. The molecule has 9 heteroatoms. The summed E-state index contributed by atoms with van der Waals surface area (Å²) in [6.45, 7) is 4.21. The molecule has 1 aromatic carbocycles. The number of halogens is 1. The number of aromatic amines is 1. The SMILES string of the molecule is CCCc1cn(-c2c(F)cccc2CC)c(=O)n1Cc1ncccc1-c1nnn[nH]1. The zero-order valence-corrected chi connectivity index (χ0v) is 16.8. The van der Waals surface area contributed by atoms with Crippen LogP contribution in [0.4, 0.5) is 4.39 Å². The number of nitrogens with one attached hydrogen (secondary N) is 1. The zero-order valence-electron chi connectivity index (χ0n) is 16.8. The zero-order chi connectivity index (χ0) is 21.1. The average molecular weight is 407 g/mol. The van der Waals surface area contributed by atoms with Crippen molar-refractivity contribution in [1.29, 1.82) is 0 Å². The molecule has 0 atom stereocenters. The maximum Gasteiger partial charge on any atom is 0.333 e. The molecule has 0 aliphatic carbocycles. The Labute approximate surface area is 172 Å². The number of rotatable bonds is 7. The molecule has 0 aliphatic rings. The van der Waals surface area contributed by atoms with Crippen molar-refractivity contribution in [2.45, 2.75) is 39.7 Å². The van der Waals surface area contributed by atoms with Crippen molar-refractivity contribution in [3.8, 4) is 17.1 Å². The molecular formula is C21H22FN7O. The Hall–Kier alpha value is -3.62. The summed E-state index contributed by atoms with van der Waals surface area (Å²) < 4.78 is 17.8. The lowest BCUT2D eigenvalue weighted by molar-refractivity contribution is 0.609. The molecule has 4 rings (SSSR count). The van der Waals surface area contributed by atoms with E-state index in [2.05, 4.69) is 25.6 Å². The molecule has 0 radical (unpaired) electrons. The topological polar surface area (TPSA) is 94.3 Å². The van der Waals surface area contributed by atoms with Gasteiger partial charge in [-0.15, -0.1) is 5.10 Å². The van der Waals surface area contributed by atoms with Crippen LogP contribution in [0.25, 0.3) is 17.1 Å². The molecule has 3 heterocycles. The van der Waals surface area contributed by atoms with Crippen LogP contribution in [0.3, 0.4) is 0 Å². The Bertz CT molecular complexity index is 1210. The maximum absolute atomic E-state index is 14.7. The van der Waals surface area contributed by atoms with E-state index in [1.807, 2.05) is 26.0 Å². The molecular weight excluding hydrogens is 385 g/mol. The van der Waals surface area contributed by atoms with Gasteiger partial charge in [0.1, 0.15) is 5.82 Å². The predicted molar refractivity (Wildman–Crippen MR) is 110 cm³/mol. The summed E-state index contributed by atoms with van der Waals surface area (Å²) in [4.78, 5) is 17.8. The first-order valence-corrected chi connectivity index (χ1v) is 9.90. The van der Waals surface area contributed by atoms with Crippen molar-refractivity contribution < 1.29 is 4.39 Å². The van der Waals surface area contributed by atoms with E-state index in [1.54, 1.807) is 29.1 Å². The number of nitrogens with zero attached hydrogens (tertiary/aromatic N) is 6. The smallest absolute Gasteiger partial charge is 0.290 e. The van der Waals surface area contributed by atoms with Crippen molar-refractivity contribution in [2.75, 3.05) is 0 Å². The Morgan fingerprint density at radius 3 is 2.77 bits per heavy atom. The van der Waals surface area contributed by atoms with E-state index in [-0.39, 0.29) is 12.2 Å². The van der Waals surface area contributed by atoms with Gasteiger partial charge < -0.3 is 0 Å². The molecule has 0 saturated heterocycles. The van der Waals surface area contributed by atoms with Crippen LogP contribution in [0.15, 0.2) is 47.5 Å². The van der Waals surface area contributed by atoms with E-state index >= 15 is 0 Å². The van der Waals surface area contributed by atoms with Crippen LogP contribution in [0.5, 0.6) is 0 Å². The van der Waals surface area contributed by atoms with Crippen molar-refractivity contribution >= 4 is 0 Å². The van der Waals surface area contributed by atoms with Crippen LogP contribution < -0.4 is 5.69 Å². The second kappa shape index (κ2) is 8.40. The lowest BCUT2D eigenvalue weighted by Crippen LogP contribution is -2.26. The summed E-state index contributed by atoms with van der Waals surface area (Å²) in [6.07, 6.45) is 5.56. The lowest BCUT2D eigenvalue weighted by Gasteiger charge is -2.10. The number of hydrogen-bond donors (Lipinski definition) is 1. The van der Waals surface area contributed by atoms with Crippen LogP contribution in [-0.2, 0) is 19.4 Å². The minimum absolute atomic E-state index is 0.230. The highest BCUT2D eigenvalue weighted by Crippen LogP contribution is 2.21. The Morgan fingerprint density at radius 1 is 1.17 bits per heavy atom. The van der Waals surface area contributed by atoms with Crippen molar-refractivity contribution in [3.63, 3.8) is 0 Å². The number of imidazole rings is 1. The van der Waals surface area contributed by atoms with Crippen molar-refractivity contribution in [3.05, 3.63) is 76.0 Å². The monoisotopic (exact) mass is 407 g/mol. The predicted octanol–water partition coefficient (Wildman–Crippen LogP) is 2.92. The maximum atomic E-state index is 14.7. The first-order chi connectivity index (χ1) is 14.6. The summed E-state index contributed by atoms with van der Waals surface area (Å²) in [5.74, 6) is 0.0629. The molecule has 3 aromatic heterocycles. The highest BCUT2D eigenvalue weighted by Gasteiger charge is 2.19. The van der Waals surface area contributed by atoms with E-state index < -0.39 is 5.82 Å². The second-order valence-electron chi connectivity index (χ2n) is 6.96. The number of aryl methyl sites for hydroxylation is 2. The fraction of sp³-hybridized carbons (Fsp3) is 0.286. The molecule has 30 heavy (non-hydrogen) atoms. The summed E-state index contributed by atoms with van der Waals surface area (Å²) in [5, 5.41) is 13.9. The van der Waals surface area contributed by atoms with Gasteiger partial charge in [0.25, 0.3) is 0 Å². The fourth-order valence-electron chi connectivity index (χ4n) is 3.63. The standard InChI is InChI=1S/C21H22FN7O/c1-3-7-15-12-29(19-14(4-2)8-5-10-17(19)22)21(30)28(15)13-18-16(9-6-11-23-18)20-24-26-27-25-20/h5-6,8-12H,3-4,7,13H2,1-2H3,(H,24,25,26,27). The lowest BCUT2D eigenvalue weighted by atomic mass is 10.1. The quantitative estimate of drug-likeness (QED) is 0.508. The van der Waals surface area contributed by atoms with E-state index in [0.717, 1.165) is 17.7 Å². The van der Waals surface area contributed by atoms with Crippen LogP contribution in [0, 0.1) is 5.82 Å². The Morgan fingerprint density at radius 2 is 2.03 bits per heavy atom. The normalized spacial score (nSPS) is 11.2. The van der Waals surface area contributed by atoms with E-state index in [9.17, 15) is 9.18 Å². The third kappa shape index (κ3) is 3.54. The third-order valence-corrected chi connectivity index (χ3v) is 5.06. The summed E-state index contributed by atoms with van der Waals surface area (Å²) in [6, 6.07) is 8.52. The molecule has 0 unspecified atom stereocenters. The summed E-state index contributed by atoms with van der Waals surface area (Å²) >= 11 is 0. The number of aromatic nitrogens is 7. The van der Waals surface area contributed by atoms with Gasteiger partial charge in [-0.3, -0.25) is 14.1 Å². The van der Waals surface area contributed by atoms with Gasteiger partial charge in [-0.25, -0.2) is 14.3 Å². The number of tetrazole rings is 1. The third-order valence-electron chi connectivity index (χ3n) is 5.06. The number of pyridine rings is 1. The van der Waals surface area contributed by atoms with Crippen molar-refractivity contribution in [2.24, 2.45) is 0 Å². The first kappa shape index (κ1) is 19.7. The minimum atomic E-state index is -0.414. The van der Waals surface area contributed by atoms with Crippen molar-refractivity contribution in [1.82, 2.24) is 34.7 Å². The summed E-state index contributed by atoms with van der Waals surface area (Å²) in [5.41, 5.74) is 2.97. The fourth-order valence-corrected chi connectivity index (χ4v) is 3.63. The van der Waals surface area contributed by atoms with Gasteiger partial charge in [-0.1, -0.05) is 32.4 Å². The average Bonchev–Trinajstić information content (AvgIpc) is 3.39. The van der Waals surface area contributed by atoms with E-state index in [1.165, 1.54) is 10.6 Å². The largest absolute Gasteiger partial charge is 0.333 e. The highest BCUT2D eigenvalue weighted by atomic mass is 19.1. The molecule has 154 valence electrons. The first-order valence-electron chi connectivity index (χ1n) is 9.90. The molecule has 4 aromatic rings. The van der Waals surface area contributed by atoms with Crippen LogP contribution in [0.2, 0.25) is 0 Å². The molecule has 0 amide bonds. The van der Waals surface area contributed by atoms with Gasteiger partial charge in [0.15, 0.2) is 5.82 Å². The van der Waals surface area contributed by atoms with Crippen LogP contribution in [0.1, 0.15) is 37.2 Å². The van der Waals surface area contributed by atoms with Gasteiger partial charge in [0, 0.05) is 23.7 Å². The van der Waals surface area contributed by atoms with Gasteiger partial charge in [-0.2, -0.15) is 0 Å². The van der Waals surface area contributed by atoms with Crippen LogP contribution in [-0.4, -0.2) is 34.7 Å². The van der Waals surface area contributed by atoms with E-state index in [4.69, 9.17) is 0 Å². The molecule has 0 bridgehead atoms. The summed E-state index contributed by atoms with van der Waals surface area (Å²) in [7, 11) is 0. The van der Waals surface area contributed by atoms with Gasteiger partial charge >= 0.3 is 5.69 Å². The molecule has 1 N–H and O–H groups in total. The number of benzene rings is 1.